The van der Waals surface area contributed by atoms with Crippen LogP contribution in [0.5, 0.6) is 0 Å². The molecule has 0 aliphatic carbocycles. The van der Waals surface area contributed by atoms with Crippen LogP contribution < -0.4 is 4.72 Å². The number of pyridine rings is 1. The van der Waals surface area contributed by atoms with Crippen molar-refractivity contribution in [3.63, 3.8) is 0 Å². The number of alkyl halides is 1. The van der Waals surface area contributed by atoms with Crippen LogP contribution in [-0.2, 0) is 10.0 Å². The largest absolute Gasteiger partial charge is 0.305 e. The van der Waals surface area contributed by atoms with Gasteiger partial charge in [-0.15, -0.1) is 0 Å². The summed E-state index contributed by atoms with van der Waals surface area (Å²) in [6.07, 6.45) is 5.16. The lowest BCUT2D eigenvalue weighted by Crippen LogP contribution is -2.42. The number of nitrogens with one attached hydrogen (secondary N) is 1. The molecule has 2 unspecified atom stereocenters. The van der Waals surface area contributed by atoms with Gasteiger partial charge in [0.15, 0.2) is 10.5 Å². The fourth-order valence-corrected chi connectivity index (χ4v) is 6.23. The minimum absolute atomic E-state index is 0.503. The Balaban J connectivity index is 1.65. The summed E-state index contributed by atoms with van der Waals surface area (Å²) in [6.45, 7) is 0. The van der Waals surface area contributed by atoms with Crippen molar-refractivity contribution in [1.29, 1.82) is 0 Å². The highest BCUT2D eigenvalue weighted by atomic mass is 79.9. The molecular weight excluding hydrogens is 400 g/mol. The zero-order chi connectivity index (χ0) is 16.0. The molecule has 9 heteroatoms. The Bertz CT molecular complexity index is 945. The zero-order valence-corrected chi connectivity index (χ0v) is 14.8. The first-order chi connectivity index (χ1) is 11.0. The number of halogens is 1. The third-order valence-electron chi connectivity index (χ3n) is 3.58. The first-order valence-corrected chi connectivity index (χ1v) is 10.1. The minimum atomic E-state index is -3.65. The van der Waals surface area contributed by atoms with Crippen LogP contribution in [0.4, 0.5) is 5.69 Å². The van der Waals surface area contributed by atoms with Crippen molar-refractivity contribution < 1.29 is 8.42 Å². The molecule has 0 saturated heterocycles. The molecule has 2 aromatic rings. The van der Waals surface area contributed by atoms with E-state index in [0.29, 0.717) is 10.9 Å². The number of rotatable bonds is 3. The second kappa shape index (κ2) is 5.50. The number of anilines is 1. The smallest absolute Gasteiger partial charge is 0.257 e. The quantitative estimate of drug-likeness (QED) is 0.621. The fraction of sp³-hybridized carbons (Fsp3) is 0.143. The highest BCUT2D eigenvalue weighted by molar-refractivity contribution is 9.09. The molecule has 2 aliphatic heterocycles. The van der Waals surface area contributed by atoms with Crippen LogP contribution in [0.1, 0.15) is 0 Å². The normalized spacial score (nSPS) is 23.2. The predicted octanol–water partition coefficient (Wildman–Crippen LogP) is 2.91. The molecule has 118 valence electrons. The number of sulfonamides is 1. The average Bonchev–Trinajstić information content (AvgIpc) is 3.06. The summed E-state index contributed by atoms with van der Waals surface area (Å²) in [5.74, 6) is 0. The molecule has 2 atom stereocenters. The number of nitrogens with zero attached hydrogens (tertiary/aromatic N) is 3. The van der Waals surface area contributed by atoms with Gasteiger partial charge in [0, 0.05) is 29.7 Å². The van der Waals surface area contributed by atoms with Crippen molar-refractivity contribution in [3.05, 3.63) is 48.3 Å². The topological polar surface area (TPSA) is 74.7 Å². The summed E-state index contributed by atoms with van der Waals surface area (Å²) in [5, 5.41) is 3.59. The van der Waals surface area contributed by atoms with E-state index in [0.717, 1.165) is 10.8 Å². The summed E-state index contributed by atoms with van der Waals surface area (Å²) >= 11 is 4.76. The third kappa shape index (κ3) is 2.62. The lowest BCUT2D eigenvalue weighted by Gasteiger charge is -2.23. The van der Waals surface area contributed by atoms with Gasteiger partial charge in [-0.05, 0) is 29.0 Å². The second-order valence-corrected chi connectivity index (χ2v) is 8.66. The van der Waals surface area contributed by atoms with Gasteiger partial charge in [0.25, 0.3) is 10.0 Å². The molecule has 0 bridgehead atoms. The first-order valence-electron chi connectivity index (χ1n) is 6.73. The third-order valence-corrected chi connectivity index (χ3v) is 7.06. The van der Waals surface area contributed by atoms with Crippen LogP contribution in [0.15, 0.2) is 53.3 Å². The van der Waals surface area contributed by atoms with Gasteiger partial charge in [-0.2, -0.15) is 0 Å². The van der Waals surface area contributed by atoms with Gasteiger partial charge in [0.05, 0.1) is 0 Å². The van der Waals surface area contributed by atoms with Gasteiger partial charge in [-0.1, -0.05) is 33.8 Å². The molecule has 3 heterocycles. The van der Waals surface area contributed by atoms with Crippen LogP contribution in [0, 0.1) is 0 Å². The second-order valence-electron chi connectivity index (χ2n) is 5.07. The summed E-state index contributed by atoms with van der Waals surface area (Å²) in [7, 11) is -3.65. The number of hydrogen-bond acceptors (Lipinski definition) is 6. The molecule has 23 heavy (non-hydrogen) atoms. The van der Waals surface area contributed by atoms with Gasteiger partial charge in [-0.25, -0.2) is 13.4 Å². The molecule has 2 aliphatic rings. The van der Waals surface area contributed by atoms with E-state index in [1.165, 1.54) is 11.8 Å². The lowest BCUT2D eigenvalue weighted by molar-refractivity contribution is 0.508. The van der Waals surface area contributed by atoms with Gasteiger partial charge >= 0.3 is 0 Å². The van der Waals surface area contributed by atoms with Crippen molar-refractivity contribution >= 4 is 59.3 Å². The number of aliphatic imine (C=N–C) groups is 1. The van der Waals surface area contributed by atoms with E-state index in [1.807, 2.05) is 17.5 Å². The Morgan fingerprint density at radius 1 is 1.26 bits per heavy atom. The van der Waals surface area contributed by atoms with E-state index in [-0.39, 0.29) is 0 Å². The molecule has 1 N–H and O–H groups in total. The van der Waals surface area contributed by atoms with Gasteiger partial charge in [0.2, 0.25) is 0 Å². The van der Waals surface area contributed by atoms with Crippen LogP contribution in [-0.4, -0.2) is 33.8 Å². The average molecular weight is 411 g/mol. The number of aromatic nitrogens is 1. The molecule has 0 amide bonds. The zero-order valence-electron chi connectivity index (χ0n) is 11.6. The molecule has 6 nitrogen and oxygen atoms in total. The summed E-state index contributed by atoms with van der Waals surface area (Å²) in [5.41, 5.74) is 0.521. The van der Waals surface area contributed by atoms with Crippen LogP contribution in [0.2, 0.25) is 0 Å². The molecule has 1 aromatic heterocycles. The molecule has 0 spiro atoms. The number of fused-ring (bicyclic) bond motifs is 2. The summed E-state index contributed by atoms with van der Waals surface area (Å²) in [6, 6.07) is 7.21. The summed E-state index contributed by atoms with van der Waals surface area (Å²) < 4.78 is 28.2. The Hall–Kier alpha value is -1.58. The monoisotopic (exact) mass is 410 g/mol. The van der Waals surface area contributed by atoms with E-state index < -0.39 is 20.3 Å². The maximum absolute atomic E-state index is 12.8. The standard InChI is InChI=1S/C14H11BrN4O2S2/c15-12-13(19-5-6-22-14(19)17-12)23(20,21)18-11-2-1-10-8-16-4-3-9(10)7-11/h1-8,12-13,18H. The number of thioether (sulfide) groups is 1. The van der Waals surface area contributed by atoms with Crippen molar-refractivity contribution in [1.82, 2.24) is 9.88 Å². The Morgan fingerprint density at radius 2 is 2.13 bits per heavy atom. The maximum Gasteiger partial charge on any atom is 0.257 e. The fourth-order valence-electron chi connectivity index (χ4n) is 2.54. The molecule has 0 fully saturated rings. The van der Waals surface area contributed by atoms with E-state index >= 15 is 0 Å². The van der Waals surface area contributed by atoms with Crippen LogP contribution in [0.25, 0.3) is 10.8 Å². The van der Waals surface area contributed by atoms with E-state index in [9.17, 15) is 8.42 Å². The van der Waals surface area contributed by atoms with Crippen LogP contribution >= 0.6 is 27.7 Å². The minimum Gasteiger partial charge on any atom is -0.305 e. The van der Waals surface area contributed by atoms with Gasteiger partial charge < -0.3 is 4.90 Å². The van der Waals surface area contributed by atoms with Crippen LogP contribution in [0.3, 0.4) is 0 Å². The van der Waals surface area contributed by atoms with Gasteiger partial charge in [-0.3, -0.25) is 9.71 Å². The molecule has 0 saturated carbocycles. The van der Waals surface area contributed by atoms with E-state index in [1.54, 1.807) is 35.6 Å². The summed E-state index contributed by atoms with van der Waals surface area (Å²) in [4.78, 5) is 9.53. The Labute approximate surface area is 145 Å². The van der Waals surface area contributed by atoms with Crippen molar-refractivity contribution in [2.45, 2.75) is 10.3 Å². The van der Waals surface area contributed by atoms with Crippen molar-refractivity contribution in [3.8, 4) is 0 Å². The number of amidine groups is 1. The number of benzene rings is 1. The highest BCUT2D eigenvalue weighted by Gasteiger charge is 2.44. The SMILES string of the molecule is O=S(=O)(Nc1ccc2cnccc2c1)C1C(Br)N=C2SC=CN21. The Kier molecular flexibility index (Phi) is 3.58. The molecule has 0 radical (unpaired) electrons. The molecule has 4 rings (SSSR count). The van der Waals surface area contributed by atoms with E-state index in [2.05, 4.69) is 30.6 Å². The van der Waals surface area contributed by atoms with Crippen molar-refractivity contribution in [2.24, 2.45) is 4.99 Å². The number of hydrogen-bond donors (Lipinski definition) is 1. The molecule has 1 aromatic carbocycles. The molecular formula is C14H11BrN4O2S2. The Morgan fingerprint density at radius 3 is 3.00 bits per heavy atom. The first kappa shape index (κ1) is 15.0. The van der Waals surface area contributed by atoms with Crippen molar-refractivity contribution in [2.75, 3.05) is 4.72 Å². The maximum atomic E-state index is 12.8. The van der Waals surface area contributed by atoms with Gasteiger partial charge in [0.1, 0.15) is 4.95 Å². The van der Waals surface area contributed by atoms with E-state index in [4.69, 9.17) is 0 Å². The predicted molar refractivity (Wildman–Crippen MR) is 96.8 cm³/mol. The lowest BCUT2D eigenvalue weighted by atomic mass is 10.2. The highest BCUT2D eigenvalue weighted by Crippen LogP contribution is 2.35.